The summed E-state index contributed by atoms with van der Waals surface area (Å²) in [5.74, 6) is -0.505. The quantitative estimate of drug-likeness (QED) is 0.446. The number of aromatic amines is 1. The van der Waals surface area contributed by atoms with Gasteiger partial charge in [0.25, 0.3) is 5.91 Å². The number of hydrogen-bond donors (Lipinski definition) is 2. The minimum absolute atomic E-state index is 0.322. The summed E-state index contributed by atoms with van der Waals surface area (Å²) in [6.45, 7) is 1.45. The molecule has 150 valence electrons. The van der Waals surface area contributed by atoms with Crippen molar-refractivity contribution in [3.63, 3.8) is 0 Å². The van der Waals surface area contributed by atoms with Crippen LogP contribution in [0.4, 0.5) is 5.69 Å². The van der Waals surface area contributed by atoms with E-state index in [0.717, 1.165) is 16.6 Å². The lowest BCUT2D eigenvalue weighted by molar-refractivity contribution is -0.119. The van der Waals surface area contributed by atoms with Crippen LogP contribution in [0.2, 0.25) is 5.02 Å². The van der Waals surface area contributed by atoms with Crippen molar-refractivity contribution in [2.45, 2.75) is 6.92 Å². The Morgan fingerprint density at radius 3 is 2.63 bits per heavy atom. The average molecular weight is 420 g/mol. The summed E-state index contributed by atoms with van der Waals surface area (Å²) in [5, 5.41) is 3.21. The van der Waals surface area contributed by atoms with E-state index in [9.17, 15) is 9.59 Å². The lowest BCUT2D eigenvalue weighted by Gasteiger charge is -2.09. The number of para-hydroxylation sites is 2. The fourth-order valence-electron chi connectivity index (χ4n) is 3.02. The van der Waals surface area contributed by atoms with Crippen LogP contribution in [0.3, 0.4) is 0 Å². The number of anilines is 1. The van der Waals surface area contributed by atoms with Crippen LogP contribution in [0, 0.1) is 6.92 Å². The molecule has 2 N–H and O–H groups in total. The molecule has 4 rings (SSSR count). The molecule has 30 heavy (non-hydrogen) atoms. The van der Waals surface area contributed by atoms with Crippen LogP contribution in [-0.4, -0.2) is 28.5 Å². The van der Waals surface area contributed by atoms with Gasteiger partial charge < -0.3 is 15.0 Å². The van der Waals surface area contributed by atoms with E-state index in [1.807, 2.05) is 37.3 Å². The summed E-state index contributed by atoms with van der Waals surface area (Å²) >= 11 is 6.06. The largest absolute Gasteiger partial charge is 0.452 e. The number of H-pyrrole nitrogens is 1. The van der Waals surface area contributed by atoms with Crippen molar-refractivity contribution < 1.29 is 14.3 Å². The molecule has 1 amide bonds. The van der Waals surface area contributed by atoms with Crippen molar-refractivity contribution in [3.8, 4) is 11.4 Å². The lowest BCUT2D eigenvalue weighted by Crippen LogP contribution is -2.21. The van der Waals surface area contributed by atoms with Gasteiger partial charge in [-0.2, -0.15) is 0 Å². The summed E-state index contributed by atoms with van der Waals surface area (Å²) in [5.41, 5.74) is 4.03. The number of carbonyl (C=O) groups is 2. The molecule has 0 aliphatic rings. The van der Waals surface area contributed by atoms with E-state index in [1.54, 1.807) is 36.4 Å². The maximum absolute atomic E-state index is 12.6. The average Bonchev–Trinajstić information content (AvgIpc) is 3.19. The smallest absolute Gasteiger partial charge is 0.339 e. The number of nitrogens with zero attached hydrogens (tertiary/aromatic N) is 1. The fraction of sp³-hybridized carbons (Fsp3) is 0.0870. The summed E-state index contributed by atoms with van der Waals surface area (Å²) in [4.78, 5) is 32.6. The lowest BCUT2D eigenvalue weighted by atomic mass is 10.1. The number of hydrogen-bond acceptors (Lipinski definition) is 4. The van der Waals surface area contributed by atoms with Crippen molar-refractivity contribution in [1.29, 1.82) is 0 Å². The topological polar surface area (TPSA) is 84.1 Å². The molecule has 0 aliphatic carbocycles. The fourth-order valence-corrected chi connectivity index (χ4v) is 3.21. The van der Waals surface area contributed by atoms with Gasteiger partial charge in [0.1, 0.15) is 5.82 Å². The molecule has 4 aromatic rings. The van der Waals surface area contributed by atoms with Crippen molar-refractivity contribution in [1.82, 2.24) is 9.97 Å². The number of rotatable bonds is 5. The molecule has 0 atom stereocenters. The molecule has 0 saturated carbocycles. The normalized spacial score (nSPS) is 10.7. The minimum atomic E-state index is -0.608. The monoisotopic (exact) mass is 419 g/mol. The van der Waals surface area contributed by atoms with Crippen LogP contribution in [0.25, 0.3) is 22.4 Å². The highest BCUT2D eigenvalue weighted by Crippen LogP contribution is 2.24. The number of carbonyl (C=O) groups excluding carboxylic acids is 2. The Balaban J connectivity index is 1.47. The standard InChI is InChI=1S/C23H18ClN3O3/c1-14-10-11-15(12-18(14)24)25-21(28)13-30-23(29)17-7-3-2-6-16(17)22-26-19-8-4-5-9-20(19)27-22/h2-12H,13H2,1H3,(H,25,28)(H,26,27). The van der Waals surface area contributed by atoms with Crippen LogP contribution >= 0.6 is 11.6 Å². The first kappa shape index (κ1) is 19.7. The third-order valence-electron chi connectivity index (χ3n) is 4.58. The molecule has 0 fully saturated rings. The molecular weight excluding hydrogens is 402 g/mol. The highest BCUT2D eigenvalue weighted by atomic mass is 35.5. The highest BCUT2D eigenvalue weighted by Gasteiger charge is 2.17. The number of aromatic nitrogens is 2. The summed E-state index contributed by atoms with van der Waals surface area (Å²) < 4.78 is 5.23. The second-order valence-electron chi connectivity index (χ2n) is 6.74. The third kappa shape index (κ3) is 4.18. The van der Waals surface area contributed by atoms with Crippen molar-refractivity contribution in [2.24, 2.45) is 0 Å². The molecule has 0 aliphatic heterocycles. The molecule has 0 spiro atoms. The molecule has 0 unspecified atom stereocenters. The number of esters is 1. The predicted octanol–water partition coefficient (Wildman–Crippen LogP) is 4.99. The van der Waals surface area contributed by atoms with E-state index in [2.05, 4.69) is 15.3 Å². The number of amides is 1. The maximum atomic E-state index is 12.6. The number of fused-ring (bicyclic) bond motifs is 1. The molecule has 1 heterocycles. The van der Waals surface area contributed by atoms with Crippen LogP contribution in [0.5, 0.6) is 0 Å². The van der Waals surface area contributed by atoms with Crippen LogP contribution < -0.4 is 5.32 Å². The number of imidazole rings is 1. The third-order valence-corrected chi connectivity index (χ3v) is 4.99. The van der Waals surface area contributed by atoms with Crippen molar-refractivity contribution >= 4 is 40.2 Å². The Kier molecular flexibility index (Phi) is 5.50. The van der Waals surface area contributed by atoms with E-state index in [4.69, 9.17) is 16.3 Å². The summed E-state index contributed by atoms with van der Waals surface area (Å²) in [6, 6.07) is 19.7. The van der Waals surface area contributed by atoms with Gasteiger partial charge in [0, 0.05) is 16.3 Å². The van der Waals surface area contributed by atoms with E-state index in [1.165, 1.54) is 0 Å². The molecule has 3 aromatic carbocycles. The highest BCUT2D eigenvalue weighted by molar-refractivity contribution is 6.31. The zero-order valence-corrected chi connectivity index (χ0v) is 16.9. The van der Waals surface area contributed by atoms with Gasteiger partial charge in [-0.25, -0.2) is 9.78 Å². The first-order chi connectivity index (χ1) is 14.5. The Morgan fingerprint density at radius 2 is 1.83 bits per heavy atom. The number of benzene rings is 3. The predicted molar refractivity (Wildman–Crippen MR) is 117 cm³/mol. The molecule has 0 bridgehead atoms. The number of ether oxygens (including phenoxy) is 1. The number of aryl methyl sites for hydroxylation is 1. The molecule has 6 nitrogen and oxygen atoms in total. The van der Waals surface area contributed by atoms with Gasteiger partial charge in [-0.1, -0.05) is 48.0 Å². The maximum Gasteiger partial charge on any atom is 0.339 e. The molecule has 0 saturated heterocycles. The van der Waals surface area contributed by atoms with Gasteiger partial charge in [0.05, 0.1) is 16.6 Å². The van der Waals surface area contributed by atoms with Gasteiger partial charge in [0.15, 0.2) is 6.61 Å². The van der Waals surface area contributed by atoms with Crippen molar-refractivity contribution in [2.75, 3.05) is 11.9 Å². The van der Waals surface area contributed by atoms with Crippen LogP contribution in [0.1, 0.15) is 15.9 Å². The van der Waals surface area contributed by atoms with Gasteiger partial charge in [-0.15, -0.1) is 0 Å². The molecule has 7 heteroatoms. The van der Waals surface area contributed by atoms with E-state index in [0.29, 0.717) is 27.7 Å². The summed E-state index contributed by atoms with van der Waals surface area (Å²) in [7, 11) is 0. The zero-order chi connectivity index (χ0) is 21.1. The molecule has 0 radical (unpaired) electrons. The Labute approximate surface area is 177 Å². The van der Waals surface area contributed by atoms with E-state index >= 15 is 0 Å². The molecular formula is C23H18ClN3O3. The second kappa shape index (κ2) is 8.39. The Hall–Kier alpha value is -3.64. The van der Waals surface area contributed by atoms with Gasteiger partial charge >= 0.3 is 5.97 Å². The number of halogens is 1. The zero-order valence-electron chi connectivity index (χ0n) is 16.1. The first-order valence-electron chi connectivity index (χ1n) is 9.28. The van der Waals surface area contributed by atoms with Crippen LogP contribution in [0.15, 0.2) is 66.7 Å². The first-order valence-corrected chi connectivity index (χ1v) is 9.66. The van der Waals surface area contributed by atoms with Crippen molar-refractivity contribution in [3.05, 3.63) is 82.9 Å². The van der Waals surface area contributed by atoms with Gasteiger partial charge in [-0.3, -0.25) is 4.79 Å². The van der Waals surface area contributed by atoms with E-state index < -0.39 is 18.5 Å². The second-order valence-corrected chi connectivity index (χ2v) is 7.14. The molecule has 1 aromatic heterocycles. The Morgan fingerprint density at radius 1 is 1.07 bits per heavy atom. The van der Waals surface area contributed by atoms with Gasteiger partial charge in [0.2, 0.25) is 0 Å². The summed E-state index contributed by atoms with van der Waals surface area (Å²) in [6.07, 6.45) is 0. The van der Waals surface area contributed by atoms with Gasteiger partial charge in [-0.05, 0) is 42.8 Å². The number of nitrogens with one attached hydrogen (secondary N) is 2. The minimum Gasteiger partial charge on any atom is -0.452 e. The van der Waals surface area contributed by atoms with Crippen LogP contribution in [-0.2, 0) is 9.53 Å². The Bertz CT molecular complexity index is 1220. The van der Waals surface area contributed by atoms with E-state index in [-0.39, 0.29) is 0 Å². The SMILES string of the molecule is Cc1ccc(NC(=O)COC(=O)c2ccccc2-c2nc3ccccc3[nH]2)cc1Cl.